The van der Waals surface area contributed by atoms with Crippen LogP contribution in [0.25, 0.3) is 0 Å². The zero-order valence-corrected chi connectivity index (χ0v) is 15.3. The van der Waals surface area contributed by atoms with Gasteiger partial charge in [0.2, 0.25) is 15.9 Å². The highest BCUT2D eigenvalue weighted by Crippen LogP contribution is 2.28. The second-order valence-corrected chi connectivity index (χ2v) is 7.53. The van der Waals surface area contributed by atoms with Crippen LogP contribution in [0.1, 0.15) is 37.0 Å². The number of hydrogen-bond acceptors (Lipinski definition) is 5. The van der Waals surface area contributed by atoms with E-state index in [0.29, 0.717) is 6.54 Å². The van der Waals surface area contributed by atoms with Crippen LogP contribution in [0.5, 0.6) is 5.75 Å². The Morgan fingerprint density at radius 3 is 2.56 bits per heavy atom. The normalized spacial score (nSPS) is 15.3. The van der Waals surface area contributed by atoms with Gasteiger partial charge < -0.3 is 15.4 Å². The molecule has 1 fully saturated rings. The van der Waals surface area contributed by atoms with Crippen molar-refractivity contribution in [1.29, 1.82) is 0 Å². The molecular weight excluding hydrogens is 346 g/mol. The molecule has 1 aromatic carbocycles. The van der Waals surface area contributed by atoms with E-state index in [1.165, 1.54) is 25.3 Å². The molecule has 1 aliphatic carbocycles. The van der Waals surface area contributed by atoms with Gasteiger partial charge in [-0.3, -0.25) is 9.59 Å². The Hall–Kier alpha value is -2.13. The van der Waals surface area contributed by atoms with Gasteiger partial charge in [0, 0.05) is 18.2 Å². The summed E-state index contributed by atoms with van der Waals surface area (Å²) in [5.41, 5.74) is 0.133. The van der Waals surface area contributed by atoms with Crippen LogP contribution >= 0.6 is 0 Å². The van der Waals surface area contributed by atoms with Crippen LogP contribution in [0.3, 0.4) is 0 Å². The first-order chi connectivity index (χ1) is 11.8. The predicted octanol–water partition coefficient (Wildman–Crippen LogP) is 0.390. The molecule has 8 nitrogen and oxygen atoms in total. The molecule has 0 unspecified atom stereocenters. The molecule has 0 radical (unpaired) electrons. The number of methoxy groups -OCH3 is 1. The van der Waals surface area contributed by atoms with Gasteiger partial charge in [-0.1, -0.05) is 0 Å². The Kier molecular flexibility index (Phi) is 6.02. The van der Waals surface area contributed by atoms with Gasteiger partial charge in [-0.2, -0.15) is 0 Å². The van der Waals surface area contributed by atoms with E-state index >= 15 is 0 Å². The second kappa shape index (κ2) is 7.83. The molecule has 138 valence electrons. The monoisotopic (exact) mass is 369 g/mol. The highest BCUT2D eigenvalue weighted by atomic mass is 32.2. The number of nitrogens with one attached hydrogen (secondary N) is 3. The Morgan fingerprint density at radius 1 is 1.32 bits per heavy atom. The molecule has 9 heteroatoms. The molecular formula is C16H23N3O5S. The smallest absolute Gasteiger partial charge is 0.251 e. The van der Waals surface area contributed by atoms with E-state index in [-0.39, 0.29) is 28.2 Å². The van der Waals surface area contributed by atoms with E-state index in [1.54, 1.807) is 13.8 Å². The topological polar surface area (TPSA) is 114 Å². The summed E-state index contributed by atoms with van der Waals surface area (Å²) in [7, 11) is -2.42. The molecule has 1 aromatic rings. The molecule has 0 spiro atoms. The van der Waals surface area contributed by atoms with Crippen molar-refractivity contribution in [2.24, 2.45) is 0 Å². The van der Waals surface area contributed by atoms with E-state index in [4.69, 9.17) is 4.74 Å². The van der Waals surface area contributed by atoms with Gasteiger partial charge in [-0.15, -0.1) is 0 Å². The predicted molar refractivity (Wildman–Crippen MR) is 91.9 cm³/mol. The van der Waals surface area contributed by atoms with Crippen LogP contribution in [0.4, 0.5) is 0 Å². The van der Waals surface area contributed by atoms with Gasteiger partial charge in [0.15, 0.2) is 0 Å². The number of rotatable bonds is 8. The Labute approximate surface area is 147 Å². The first-order valence-electron chi connectivity index (χ1n) is 8.07. The van der Waals surface area contributed by atoms with E-state index in [0.717, 1.165) is 12.8 Å². The number of ether oxygens (including phenoxy) is 1. The van der Waals surface area contributed by atoms with Gasteiger partial charge >= 0.3 is 0 Å². The quantitative estimate of drug-likeness (QED) is 0.613. The largest absolute Gasteiger partial charge is 0.495 e. The van der Waals surface area contributed by atoms with Gasteiger partial charge in [0.05, 0.1) is 7.11 Å². The van der Waals surface area contributed by atoms with E-state index in [1.807, 2.05) is 0 Å². The van der Waals surface area contributed by atoms with Crippen molar-refractivity contribution < 1.29 is 22.7 Å². The Balaban J connectivity index is 2.22. The van der Waals surface area contributed by atoms with Crippen LogP contribution in [-0.4, -0.2) is 46.0 Å². The van der Waals surface area contributed by atoms with Gasteiger partial charge in [-0.05, 0) is 44.9 Å². The lowest BCUT2D eigenvalue weighted by Crippen LogP contribution is -2.44. The number of benzene rings is 1. The number of carbonyl (C=O) groups is 2. The average Bonchev–Trinajstić information content (AvgIpc) is 3.37. The summed E-state index contributed by atoms with van der Waals surface area (Å²) >= 11 is 0. The number of sulfonamides is 1. The van der Waals surface area contributed by atoms with Crippen LogP contribution in [0.15, 0.2) is 23.1 Å². The fourth-order valence-corrected chi connectivity index (χ4v) is 3.68. The highest BCUT2D eigenvalue weighted by molar-refractivity contribution is 7.89. The summed E-state index contributed by atoms with van der Waals surface area (Å²) < 4.78 is 32.6. The molecule has 0 saturated heterocycles. The number of amides is 2. The van der Waals surface area contributed by atoms with Gasteiger partial charge in [0.25, 0.3) is 5.91 Å². The maximum Gasteiger partial charge on any atom is 0.251 e. The maximum atomic E-state index is 12.5. The molecule has 1 aliphatic rings. The lowest BCUT2D eigenvalue weighted by atomic mass is 10.2. The fourth-order valence-electron chi connectivity index (χ4n) is 2.18. The molecule has 3 N–H and O–H groups in total. The second-order valence-electron chi connectivity index (χ2n) is 5.85. The molecule has 1 saturated carbocycles. The minimum Gasteiger partial charge on any atom is -0.495 e. The Bertz CT molecular complexity index is 759. The van der Waals surface area contributed by atoms with E-state index in [9.17, 15) is 18.0 Å². The third kappa shape index (κ3) is 4.93. The van der Waals surface area contributed by atoms with Crippen molar-refractivity contribution in [3.8, 4) is 5.75 Å². The summed E-state index contributed by atoms with van der Waals surface area (Å²) in [5, 5.41) is 5.15. The SMILES string of the molecule is CCNC(=O)[C@@H](C)NC(=O)c1ccc(OC)c(S(=O)(=O)NC2CC2)c1. The lowest BCUT2D eigenvalue weighted by Gasteiger charge is -2.15. The fraction of sp³-hybridized carbons (Fsp3) is 0.500. The number of carbonyl (C=O) groups excluding carboxylic acids is 2. The van der Waals surface area contributed by atoms with Crippen LogP contribution in [0.2, 0.25) is 0 Å². The Morgan fingerprint density at radius 2 is 2.00 bits per heavy atom. The molecule has 0 bridgehead atoms. The summed E-state index contributed by atoms with van der Waals surface area (Å²) in [6, 6.07) is 3.33. The molecule has 25 heavy (non-hydrogen) atoms. The minimum absolute atomic E-state index is 0.0649. The first kappa shape index (κ1) is 19.2. The van der Waals surface area contributed by atoms with E-state index in [2.05, 4.69) is 15.4 Å². The maximum absolute atomic E-state index is 12.5. The highest BCUT2D eigenvalue weighted by Gasteiger charge is 2.30. The van der Waals surface area contributed by atoms with Crippen molar-refractivity contribution >= 4 is 21.8 Å². The average molecular weight is 369 g/mol. The third-order valence-corrected chi connectivity index (χ3v) is 5.25. The van der Waals surface area contributed by atoms with Crippen molar-refractivity contribution in [1.82, 2.24) is 15.4 Å². The van der Waals surface area contributed by atoms with Crippen molar-refractivity contribution in [3.05, 3.63) is 23.8 Å². The van der Waals surface area contributed by atoms with E-state index < -0.39 is 22.0 Å². The standard InChI is InChI=1S/C16H23N3O5S/c1-4-17-15(20)10(2)18-16(21)11-5-8-13(24-3)14(9-11)25(22,23)19-12-6-7-12/h5,8-10,12,19H,4,6-7H2,1-3H3,(H,17,20)(H,18,21)/t10-/m1/s1. The molecule has 0 heterocycles. The molecule has 0 aliphatic heterocycles. The zero-order chi connectivity index (χ0) is 18.6. The summed E-state index contributed by atoms with van der Waals surface area (Å²) in [6.07, 6.45) is 1.59. The van der Waals surface area contributed by atoms with Crippen molar-refractivity contribution in [3.63, 3.8) is 0 Å². The minimum atomic E-state index is -3.78. The van der Waals surface area contributed by atoms with Crippen LogP contribution < -0.4 is 20.1 Å². The number of likely N-dealkylation sites (N-methyl/N-ethyl adjacent to an activating group) is 1. The zero-order valence-electron chi connectivity index (χ0n) is 14.5. The molecule has 2 amide bonds. The summed E-state index contributed by atoms with van der Waals surface area (Å²) in [5.74, 6) is -0.696. The first-order valence-corrected chi connectivity index (χ1v) is 9.55. The lowest BCUT2D eigenvalue weighted by molar-refractivity contribution is -0.122. The van der Waals surface area contributed by atoms with Crippen molar-refractivity contribution in [2.75, 3.05) is 13.7 Å². The van der Waals surface area contributed by atoms with Gasteiger partial charge in [-0.25, -0.2) is 13.1 Å². The molecule has 2 rings (SSSR count). The van der Waals surface area contributed by atoms with Gasteiger partial charge in [0.1, 0.15) is 16.7 Å². The third-order valence-electron chi connectivity index (χ3n) is 3.71. The summed E-state index contributed by atoms with van der Waals surface area (Å²) in [4.78, 5) is 23.9. The van der Waals surface area contributed by atoms with Crippen LogP contribution in [-0.2, 0) is 14.8 Å². The number of hydrogen-bond donors (Lipinski definition) is 3. The molecule has 0 aromatic heterocycles. The summed E-state index contributed by atoms with van der Waals surface area (Å²) in [6.45, 7) is 3.79. The van der Waals surface area contributed by atoms with Crippen LogP contribution in [0, 0.1) is 0 Å². The van der Waals surface area contributed by atoms with Crippen molar-refractivity contribution in [2.45, 2.75) is 43.7 Å². The molecule has 1 atom stereocenters.